The number of benzene rings is 2. The summed E-state index contributed by atoms with van der Waals surface area (Å²) in [5.74, 6) is 0.855. The summed E-state index contributed by atoms with van der Waals surface area (Å²) in [7, 11) is 1.59. The van der Waals surface area contributed by atoms with Gasteiger partial charge in [-0.05, 0) is 37.6 Å². The van der Waals surface area contributed by atoms with Crippen LogP contribution in [0, 0.1) is 0 Å². The lowest BCUT2D eigenvalue weighted by molar-refractivity contribution is 0.0358. The van der Waals surface area contributed by atoms with Crippen molar-refractivity contribution in [1.29, 1.82) is 0 Å². The van der Waals surface area contributed by atoms with Crippen LogP contribution in [0.3, 0.4) is 0 Å². The van der Waals surface area contributed by atoms with Gasteiger partial charge in [-0.25, -0.2) is 4.79 Å². The van der Waals surface area contributed by atoms with Crippen molar-refractivity contribution in [2.75, 3.05) is 57.6 Å². The lowest BCUT2D eigenvalue weighted by Gasteiger charge is -2.26. The minimum atomic E-state index is -0.248. The number of morpholine rings is 1. The molecule has 176 valence electrons. The minimum absolute atomic E-state index is 0.248. The number of nitrogen functional groups attached to an aromatic ring is 1. The molecule has 0 bridgehead atoms. The summed E-state index contributed by atoms with van der Waals surface area (Å²) in [6, 6.07) is 13.6. The molecule has 1 fully saturated rings. The van der Waals surface area contributed by atoms with Crippen LogP contribution in [-0.2, 0) is 11.3 Å². The third-order valence-electron chi connectivity index (χ3n) is 6.03. The Morgan fingerprint density at radius 1 is 1.15 bits per heavy atom. The van der Waals surface area contributed by atoms with E-state index in [0.717, 1.165) is 85.1 Å². The van der Waals surface area contributed by atoms with Gasteiger partial charge in [-0.15, -0.1) is 0 Å². The quantitative estimate of drug-likeness (QED) is 0.454. The van der Waals surface area contributed by atoms with Crippen LogP contribution in [0.4, 0.5) is 16.2 Å². The molecule has 4 N–H and O–H groups in total. The SMILES string of the molecule is CCn1c(-c2ccc(NC(=O)NC)cc2)c(N)c2ccc(OCCCN3CCOCC3)cc21. The summed E-state index contributed by atoms with van der Waals surface area (Å²) in [6.07, 6.45) is 0.983. The smallest absolute Gasteiger partial charge is 0.318 e. The lowest BCUT2D eigenvalue weighted by atomic mass is 10.1. The number of ether oxygens (including phenoxy) is 2. The predicted molar refractivity (Wildman–Crippen MR) is 133 cm³/mol. The van der Waals surface area contributed by atoms with Crippen LogP contribution >= 0.6 is 0 Å². The van der Waals surface area contributed by atoms with E-state index in [2.05, 4.69) is 33.1 Å². The van der Waals surface area contributed by atoms with Crippen molar-refractivity contribution in [3.8, 4) is 17.0 Å². The van der Waals surface area contributed by atoms with Gasteiger partial charge in [-0.2, -0.15) is 0 Å². The second-order valence-corrected chi connectivity index (χ2v) is 8.12. The van der Waals surface area contributed by atoms with E-state index in [9.17, 15) is 4.79 Å². The molecule has 33 heavy (non-hydrogen) atoms. The molecule has 1 aromatic heterocycles. The zero-order valence-electron chi connectivity index (χ0n) is 19.4. The molecule has 2 amide bonds. The Kier molecular flexibility index (Phi) is 7.36. The van der Waals surface area contributed by atoms with Gasteiger partial charge in [0, 0.05) is 55.9 Å². The maximum absolute atomic E-state index is 11.5. The molecule has 0 radical (unpaired) electrons. The van der Waals surface area contributed by atoms with Crippen molar-refractivity contribution in [1.82, 2.24) is 14.8 Å². The second-order valence-electron chi connectivity index (χ2n) is 8.12. The van der Waals surface area contributed by atoms with Crippen LogP contribution < -0.4 is 21.1 Å². The van der Waals surface area contributed by atoms with E-state index in [4.69, 9.17) is 15.2 Å². The molecule has 1 aliphatic heterocycles. The Balaban J connectivity index is 1.50. The predicted octanol–water partition coefficient (Wildman–Crippen LogP) is 3.76. The summed E-state index contributed by atoms with van der Waals surface area (Å²) >= 11 is 0. The summed E-state index contributed by atoms with van der Waals surface area (Å²) in [5, 5.41) is 6.34. The van der Waals surface area contributed by atoms with Crippen LogP contribution in [0.2, 0.25) is 0 Å². The number of fused-ring (bicyclic) bond motifs is 1. The van der Waals surface area contributed by atoms with Crippen LogP contribution in [-0.4, -0.2) is 62.0 Å². The third kappa shape index (κ3) is 5.23. The van der Waals surface area contributed by atoms with E-state index in [0.29, 0.717) is 6.61 Å². The molecule has 2 heterocycles. The van der Waals surface area contributed by atoms with Gasteiger partial charge in [0.05, 0.1) is 36.7 Å². The van der Waals surface area contributed by atoms with E-state index in [-0.39, 0.29) is 6.03 Å². The monoisotopic (exact) mass is 451 g/mol. The summed E-state index contributed by atoms with van der Waals surface area (Å²) in [6.45, 7) is 8.24. The first kappa shape index (κ1) is 22.9. The van der Waals surface area contributed by atoms with Gasteiger partial charge in [-0.1, -0.05) is 12.1 Å². The fourth-order valence-corrected chi connectivity index (χ4v) is 4.29. The van der Waals surface area contributed by atoms with Gasteiger partial charge in [-0.3, -0.25) is 4.90 Å². The summed E-state index contributed by atoms with van der Waals surface area (Å²) < 4.78 is 13.7. The number of anilines is 2. The number of amides is 2. The first-order chi connectivity index (χ1) is 16.1. The maximum Gasteiger partial charge on any atom is 0.318 e. The third-order valence-corrected chi connectivity index (χ3v) is 6.03. The normalized spacial score (nSPS) is 14.4. The molecular formula is C25H33N5O3. The molecule has 4 rings (SSSR count). The maximum atomic E-state index is 11.5. The molecule has 3 aromatic rings. The average molecular weight is 452 g/mol. The van der Waals surface area contributed by atoms with Crippen LogP contribution in [0.25, 0.3) is 22.2 Å². The van der Waals surface area contributed by atoms with Gasteiger partial charge in [0.25, 0.3) is 0 Å². The van der Waals surface area contributed by atoms with Gasteiger partial charge in [0.15, 0.2) is 0 Å². The number of aryl methyl sites for hydroxylation is 1. The van der Waals surface area contributed by atoms with Crippen LogP contribution in [0.5, 0.6) is 5.75 Å². The van der Waals surface area contributed by atoms with Crippen LogP contribution in [0.1, 0.15) is 13.3 Å². The Labute approximate surface area is 194 Å². The zero-order chi connectivity index (χ0) is 23.2. The molecule has 0 atom stereocenters. The van der Waals surface area contributed by atoms with Gasteiger partial charge in [0.1, 0.15) is 5.75 Å². The molecule has 1 aliphatic rings. The number of aromatic nitrogens is 1. The van der Waals surface area contributed by atoms with E-state index in [1.807, 2.05) is 36.4 Å². The number of nitrogens with two attached hydrogens (primary N) is 1. The molecule has 8 nitrogen and oxygen atoms in total. The highest BCUT2D eigenvalue weighted by Gasteiger charge is 2.17. The van der Waals surface area contributed by atoms with Crippen LogP contribution in [0.15, 0.2) is 42.5 Å². The first-order valence-electron chi connectivity index (χ1n) is 11.5. The van der Waals surface area contributed by atoms with Gasteiger partial charge < -0.3 is 30.4 Å². The Morgan fingerprint density at radius 2 is 1.91 bits per heavy atom. The Morgan fingerprint density at radius 3 is 2.61 bits per heavy atom. The van der Waals surface area contributed by atoms with Gasteiger partial charge in [0.2, 0.25) is 0 Å². The molecular weight excluding hydrogens is 418 g/mol. The fourth-order valence-electron chi connectivity index (χ4n) is 4.29. The Hall–Kier alpha value is -3.23. The number of nitrogens with one attached hydrogen (secondary N) is 2. The summed E-state index contributed by atoms with van der Waals surface area (Å²) in [4.78, 5) is 14.0. The fraction of sp³-hybridized carbons (Fsp3) is 0.400. The number of rotatable bonds is 8. The highest BCUT2D eigenvalue weighted by Crippen LogP contribution is 2.38. The first-order valence-corrected chi connectivity index (χ1v) is 11.5. The number of carbonyl (C=O) groups excluding carboxylic acids is 1. The minimum Gasteiger partial charge on any atom is -0.493 e. The molecule has 0 unspecified atom stereocenters. The standard InChI is InChI=1S/C25H33N5O3/c1-3-30-22-17-20(33-14-4-11-29-12-15-32-16-13-29)9-10-21(22)23(26)24(30)18-5-7-19(8-6-18)28-25(31)27-2/h5-10,17H,3-4,11-16,26H2,1-2H3,(H2,27,28,31). The topological polar surface area (TPSA) is 93.8 Å². The van der Waals surface area contributed by atoms with E-state index < -0.39 is 0 Å². The van der Waals surface area contributed by atoms with E-state index in [1.54, 1.807) is 7.05 Å². The van der Waals surface area contributed by atoms with Crippen molar-refractivity contribution in [2.24, 2.45) is 0 Å². The highest BCUT2D eigenvalue weighted by molar-refractivity contribution is 6.01. The molecule has 0 spiro atoms. The summed E-state index contributed by atoms with van der Waals surface area (Å²) in [5.41, 5.74) is 11.1. The van der Waals surface area contributed by atoms with Crippen molar-refractivity contribution in [2.45, 2.75) is 19.9 Å². The molecule has 2 aromatic carbocycles. The number of hydrogen-bond acceptors (Lipinski definition) is 5. The molecule has 0 aliphatic carbocycles. The zero-order valence-corrected chi connectivity index (χ0v) is 19.4. The Bertz CT molecular complexity index is 1090. The molecule has 1 saturated heterocycles. The van der Waals surface area contributed by atoms with E-state index >= 15 is 0 Å². The van der Waals surface area contributed by atoms with Crippen molar-refractivity contribution in [3.63, 3.8) is 0 Å². The second kappa shape index (κ2) is 10.6. The van der Waals surface area contributed by atoms with Crippen molar-refractivity contribution in [3.05, 3.63) is 42.5 Å². The lowest BCUT2D eigenvalue weighted by Crippen LogP contribution is -2.37. The number of urea groups is 1. The molecule has 8 heteroatoms. The van der Waals surface area contributed by atoms with Crippen molar-refractivity contribution < 1.29 is 14.3 Å². The molecule has 0 saturated carbocycles. The number of hydrogen-bond donors (Lipinski definition) is 3. The largest absolute Gasteiger partial charge is 0.493 e. The number of carbonyl (C=O) groups is 1. The number of nitrogens with zero attached hydrogens (tertiary/aromatic N) is 2. The average Bonchev–Trinajstić information content (AvgIpc) is 3.13. The van der Waals surface area contributed by atoms with E-state index in [1.165, 1.54) is 0 Å². The van der Waals surface area contributed by atoms with Gasteiger partial charge >= 0.3 is 6.03 Å². The highest BCUT2D eigenvalue weighted by atomic mass is 16.5. The van der Waals surface area contributed by atoms with Crippen molar-refractivity contribution >= 4 is 28.3 Å².